The number of Topliss-reactive ketones (excluding diaryl/α,β-unsaturated/α-hetero) is 1. The Hall–Kier alpha value is -3.58. The van der Waals surface area contributed by atoms with E-state index in [0.717, 1.165) is 16.7 Å². The molecular formula is C25H21NO3. The summed E-state index contributed by atoms with van der Waals surface area (Å²) in [7, 11) is 0. The maximum Gasteiger partial charge on any atom is 0.336 e. The Kier molecular flexibility index (Phi) is 4.60. The molecule has 0 heterocycles. The molecular weight excluding hydrogens is 362 g/mol. The van der Waals surface area contributed by atoms with Crippen LogP contribution in [0.15, 0.2) is 71.9 Å². The van der Waals surface area contributed by atoms with E-state index in [1.165, 1.54) is 0 Å². The van der Waals surface area contributed by atoms with E-state index in [1.54, 1.807) is 19.1 Å². The molecule has 0 aliphatic heterocycles. The molecule has 2 aromatic carbocycles. The van der Waals surface area contributed by atoms with Crippen LogP contribution in [0.3, 0.4) is 0 Å². The van der Waals surface area contributed by atoms with Crippen LogP contribution < -0.4 is 5.73 Å². The second-order valence-electron chi connectivity index (χ2n) is 7.22. The van der Waals surface area contributed by atoms with Gasteiger partial charge in [-0.05, 0) is 29.7 Å². The maximum atomic E-state index is 13.8. The van der Waals surface area contributed by atoms with E-state index in [2.05, 4.69) is 5.92 Å². The van der Waals surface area contributed by atoms with Crippen molar-refractivity contribution in [1.29, 1.82) is 0 Å². The summed E-state index contributed by atoms with van der Waals surface area (Å²) in [6, 6.07) is 16.9. The molecule has 2 aliphatic rings. The molecule has 0 fully saturated rings. The van der Waals surface area contributed by atoms with E-state index in [4.69, 9.17) is 16.9 Å². The third-order valence-electron chi connectivity index (χ3n) is 5.75. The van der Waals surface area contributed by atoms with Gasteiger partial charge in [0, 0.05) is 23.6 Å². The van der Waals surface area contributed by atoms with E-state index in [9.17, 15) is 9.59 Å². The van der Waals surface area contributed by atoms with Crippen LogP contribution in [-0.2, 0) is 9.53 Å². The summed E-state index contributed by atoms with van der Waals surface area (Å²) in [4.78, 5) is 26.8. The number of allylic oxidation sites excluding steroid dienone is 2. The molecule has 2 unspecified atom stereocenters. The lowest BCUT2D eigenvalue weighted by molar-refractivity contribution is -0.139. The molecule has 4 heteroatoms. The first kappa shape index (κ1) is 18.8. The number of fused-ring (bicyclic) bond motifs is 3. The largest absolute Gasteiger partial charge is 0.463 e. The van der Waals surface area contributed by atoms with Crippen molar-refractivity contribution >= 4 is 17.3 Å². The number of ether oxygens (including phenoxy) is 1. The number of benzene rings is 2. The van der Waals surface area contributed by atoms with Crippen LogP contribution in [0.2, 0.25) is 0 Å². The van der Waals surface area contributed by atoms with Crippen molar-refractivity contribution in [2.75, 3.05) is 6.61 Å². The Labute approximate surface area is 170 Å². The van der Waals surface area contributed by atoms with Gasteiger partial charge in [-0.15, -0.1) is 12.3 Å². The standard InChI is InChI=1S/C25H21NO3/c1-3-14-25-19(17-12-8-9-13-18(17)23(25)27)15-20(26)21(24(28)29-4-2)22(25)16-10-6-5-7-11-16/h1,5-13,15,22H,4,14,26H2,2H3. The van der Waals surface area contributed by atoms with Crippen LogP contribution in [0.1, 0.15) is 40.7 Å². The van der Waals surface area contributed by atoms with Gasteiger partial charge in [0.2, 0.25) is 0 Å². The van der Waals surface area contributed by atoms with Crippen LogP contribution in [0.5, 0.6) is 0 Å². The fourth-order valence-corrected chi connectivity index (χ4v) is 4.64. The molecule has 0 spiro atoms. The van der Waals surface area contributed by atoms with Crippen LogP contribution >= 0.6 is 0 Å². The van der Waals surface area contributed by atoms with Crippen LogP contribution in [0.25, 0.3) is 5.57 Å². The van der Waals surface area contributed by atoms with Gasteiger partial charge in [0.05, 0.1) is 17.6 Å². The summed E-state index contributed by atoms with van der Waals surface area (Å²) in [5, 5.41) is 0. The highest BCUT2D eigenvalue weighted by atomic mass is 16.5. The van der Waals surface area contributed by atoms with Crippen molar-refractivity contribution < 1.29 is 14.3 Å². The normalized spacial score (nSPS) is 22.4. The van der Waals surface area contributed by atoms with Gasteiger partial charge in [0.25, 0.3) is 0 Å². The average molecular weight is 383 g/mol. The fourth-order valence-electron chi connectivity index (χ4n) is 4.64. The summed E-state index contributed by atoms with van der Waals surface area (Å²) < 4.78 is 5.32. The minimum atomic E-state index is -1.09. The molecule has 0 bridgehead atoms. The number of rotatable bonds is 4. The van der Waals surface area contributed by atoms with E-state index in [1.807, 2.05) is 48.5 Å². The number of terminal acetylenes is 1. The lowest BCUT2D eigenvalue weighted by Gasteiger charge is -2.40. The zero-order chi connectivity index (χ0) is 20.6. The monoisotopic (exact) mass is 383 g/mol. The minimum absolute atomic E-state index is 0.0829. The third kappa shape index (κ3) is 2.62. The molecule has 0 amide bonds. The highest BCUT2D eigenvalue weighted by molar-refractivity contribution is 6.20. The van der Waals surface area contributed by atoms with Crippen molar-refractivity contribution in [3.05, 3.63) is 88.6 Å². The van der Waals surface area contributed by atoms with Gasteiger partial charge >= 0.3 is 5.97 Å². The number of esters is 1. The number of carbonyl (C=O) groups excluding carboxylic acids is 2. The van der Waals surface area contributed by atoms with Gasteiger partial charge in [-0.3, -0.25) is 4.79 Å². The zero-order valence-electron chi connectivity index (χ0n) is 16.1. The average Bonchev–Trinajstić information content (AvgIpc) is 2.97. The molecule has 29 heavy (non-hydrogen) atoms. The summed E-state index contributed by atoms with van der Waals surface area (Å²) in [6.45, 7) is 1.95. The molecule has 2 aliphatic carbocycles. The lowest BCUT2D eigenvalue weighted by atomic mass is 9.59. The van der Waals surface area contributed by atoms with Crippen molar-refractivity contribution in [1.82, 2.24) is 0 Å². The SMILES string of the molecule is C#CCC12C(=O)c3ccccc3C1=CC(N)=C(C(=O)OCC)C2c1ccccc1. The molecule has 144 valence electrons. The van der Waals surface area contributed by atoms with Crippen molar-refractivity contribution in [2.45, 2.75) is 19.3 Å². The highest BCUT2D eigenvalue weighted by Crippen LogP contribution is 2.61. The van der Waals surface area contributed by atoms with Gasteiger partial charge in [0.15, 0.2) is 5.78 Å². The Morgan fingerprint density at radius 3 is 2.45 bits per heavy atom. The maximum absolute atomic E-state index is 13.8. The summed E-state index contributed by atoms with van der Waals surface area (Å²) in [5.74, 6) is 1.47. The quantitative estimate of drug-likeness (QED) is 0.643. The second-order valence-corrected chi connectivity index (χ2v) is 7.22. The minimum Gasteiger partial charge on any atom is -0.463 e. The molecule has 0 aromatic heterocycles. The van der Waals surface area contributed by atoms with E-state index in [-0.39, 0.29) is 18.8 Å². The smallest absolute Gasteiger partial charge is 0.336 e. The number of carbonyl (C=O) groups is 2. The predicted molar refractivity (Wildman–Crippen MR) is 112 cm³/mol. The van der Waals surface area contributed by atoms with Gasteiger partial charge in [-0.1, -0.05) is 54.6 Å². The first-order chi connectivity index (χ1) is 14.1. The summed E-state index contributed by atoms with van der Waals surface area (Å²) in [5.41, 5.74) is 8.90. The van der Waals surface area contributed by atoms with E-state index < -0.39 is 17.3 Å². The first-order valence-electron chi connectivity index (χ1n) is 9.57. The lowest BCUT2D eigenvalue weighted by Crippen LogP contribution is -2.40. The zero-order valence-corrected chi connectivity index (χ0v) is 16.1. The number of ketones is 1. The van der Waals surface area contributed by atoms with Gasteiger partial charge < -0.3 is 10.5 Å². The topological polar surface area (TPSA) is 69.4 Å². The van der Waals surface area contributed by atoms with Crippen molar-refractivity contribution in [2.24, 2.45) is 11.1 Å². The highest BCUT2D eigenvalue weighted by Gasteiger charge is 2.58. The Balaban J connectivity index is 2.06. The number of hydrogen-bond acceptors (Lipinski definition) is 4. The van der Waals surface area contributed by atoms with Gasteiger partial charge in [0.1, 0.15) is 0 Å². The second kappa shape index (κ2) is 7.10. The number of nitrogens with two attached hydrogens (primary N) is 1. The van der Waals surface area contributed by atoms with Gasteiger partial charge in [-0.2, -0.15) is 0 Å². The van der Waals surface area contributed by atoms with Gasteiger partial charge in [-0.25, -0.2) is 4.79 Å². The first-order valence-corrected chi connectivity index (χ1v) is 9.57. The molecule has 2 N–H and O–H groups in total. The summed E-state index contributed by atoms with van der Waals surface area (Å²) >= 11 is 0. The molecule has 2 atom stereocenters. The Bertz CT molecular complexity index is 1100. The van der Waals surface area contributed by atoms with Crippen LogP contribution in [-0.4, -0.2) is 18.4 Å². The predicted octanol–water partition coefficient (Wildman–Crippen LogP) is 3.85. The molecule has 0 saturated carbocycles. The van der Waals surface area contributed by atoms with Crippen LogP contribution in [0.4, 0.5) is 0 Å². The van der Waals surface area contributed by atoms with E-state index >= 15 is 0 Å². The molecule has 0 saturated heterocycles. The van der Waals surface area contributed by atoms with Crippen molar-refractivity contribution in [3.8, 4) is 12.3 Å². The fraction of sp³-hybridized carbons (Fsp3) is 0.200. The molecule has 4 nitrogen and oxygen atoms in total. The molecule has 0 radical (unpaired) electrons. The van der Waals surface area contributed by atoms with Crippen molar-refractivity contribution in [3.63, 3.8) is 0 Å². The Morgan fingerprint density at radius 2 is 1.79 bits per heavy atom. The van der Waals surface area contributed by atoms with Crippen LogP contribution in [0, 0.1) is 17.8 Å². The third-order valence-corrected chi connectivity index (χ3v) is 5.75. The number of hydrogen-bond donors (Lipinski definition) is 1. The summed E-state index contributed by atoms with van der Waals surface area (Å²) in [6.07, 6.45) is 7.65. The molecule has 4 rings (SSSR count). The molecule has 2 aromatic rings. The van der Waals surface area contributed by atoms with E-state index in [0.29, 0.717) is 16.8 Å². The Morgan fingerprint density at radius 1 is 1.14 bits per heavy atom.